The zero-order valence-electron chi connectivity index (χ0n) is 41.0. The van der Waals surface area contributed by atoms with Crippen LogP contribution in [0.15, 0.2) is 24.3 Å². The third kappa shape index (κ3) is 18.1. The summed E-state index contributed by atoms with van der Waals surface area (Å²) in [6, 6.07) is 1.25. The average Bonchev–Trinajstić information content (AvgIpc) is 3.60. The number of benzene rings is 1. The van der Waals surface area contributed by atoms with E-state index in [0.717, 1.165) is 34.3 Å². The summed E-state index contributed by atoms with van der Waals surface area (Å²) in [4.78, 5) is 60.6. The van der Waals surface area contributed by atoms with E-state index in [9.17, 15) is 49.5 Å². The number of urea groups is 1. The fraction of sp³-hybridized carbons (Fsp3) is 0.659. The van der Waals surface area contributed by atoms with Crippen LogP contribution in [0, 0.1) is 18.6 Å². The highest BCUT2D eigenvalue weighted by atomic mass is 35.5. The van der Waals surface area contributed by atoms with Gasteiger partial charge in [-0.3, -0.25) is 13.9 Å². The topological polar surface area (TPSA) is 219 Å². The Kier molecular flexibility index (Phi) is 20.6. The maximum absolute atomic E-state index is 14.7. The molecular weight excluding hydrogens is 997 g/mol. The van der Waals surface area contributed by atoms with Gasteiger partial charge in [-0.25, -0.2) is 28.1 Å². The maximum atomic E-state index is 14.7. The smallest absolute Gasteiger partial charge is 0.416 e. The lowest BCUT2D eigenvalue weighted by Crippen LogP contribution is -2.48. The van der Waals surface area contributed by atoms with Crippen molar-refractivity contribution in [3.63, 3.8) is 0 Å². The van der Waals surface area contributed by atoms with Gasteiger partial charge >= 0.3 is 24.4 Å². The highest BCUT2D eigenvalue weighted by molar-refractivity contribution is 7.85. The summed E-state index contributed by atoms with van der Waals surface area (Å²) in [5.41, 5.74) is -2.47. The standard InChI is InChI=1S/C23H23ClF5N5O3.C11H21NO6S.C10H19NO4/c1-12-7-13(23(27,28)29)8-18(31-12)34-17(11-33(22(34)36)10-14-9-30-5-6-37-14)21(35)32(2)16-4-3-15(25)19(24)20(16)26;1-11(2,3)18-10(13)12-5-6-16-9(7-12)8-17-19(4,14)15;1-10(2,3)15-9(13)11-4-5-14-8(6-11)7-12/h3-4,7-8,14,17,30H,5-6,9-11H2,1-2H3;9H,5-8H2,1-4H3;8,12H,4-7H2,1-3H3/t14?,17-;;/m0../s1. The molecule has 71 heavy (non-hydrogen) atoms. The summed E-state index contributed by atoms with van der Waals surface area (Å²) in [6.07, 6.45) is -5.68. The minimum atomic E-state index is -4.73. The molecule has 0 bridgehead atoms. The van der Waals surface area contributed by atoms with Gasteiger partial charge in [0.25, 0.3) is 16.0 Å². The number of ether oxygens (including phenoxy) is 5. The molecule has 4 aliphatic rings. The number of nitrogens with zero attached hydrogens (tertiary/aromatic N) is 6. The number of halogens is 6. The normalized spacial score (nSPS) is 21.2. The summed E-state index contributed by atoms with van der Waals surface area (Å²) >= 11 is 5.65. The van der Waals surface area contributed by atoms with Gasteiger partial charge < -0.3 is 53.7 Å². The van der Waals surface area contributed by atoms with Gasteiger partial charge in [0.15, 0.2) is 5.82 Å². The molecule has 6 rings (SSSR count). The van der Waals surface area contributed by atoms with Gasteiger partial charge in [-0.15, -0.1) is 0 Å². The van der Waals surface area contributed by atoms with E-state index in [2.05, 4.69) is 14.5 Å². The van der Waals surface area contributed by atoms with E-state index in [1.165, 1.54) is 23.8 Å². The van der Waals surface area contributed by atoms with Crippen molar-refractivity contribution in [1.82, 2.24) is 25.0 Å². The Balaban J connectivity index is 0.000000268. The molecule has 400 valence electrons. The van der Waals surface area contributed by atoms with Crippen LogP contribution in [0.5, 0.6) is 0 Å². The predicted molar refractivity (Wildman–Crippen MR) is 248 cm³/mol. The van der Waals surface area contributed by atoms with Crippen molar-refractivity contribution >= 4 is 57.3 Å². The minimum Gasteiger partial charge on any atom is -0.444 e. The van der Waals surface area contributed by atoms with E-state index in [-0.39, 0.29) is 62.2 Å². The highest BCUT2D eigenvalue weighted by Crippen LogP contribution is 2.35. The Morgan fingerprint density at radius 3 is 1.99 bits per heavy atom. The maximum Gasteiger partial charge on any atom is 0.416 e. The van der Waals surface area contributed by atoms with Gasteiger partial charge in [0.05, 0.1) is 82.4 Å². The molecule has 1 aromatic carbocycles. The second kappa shape index (κ2) is 24.8. The SMILES string of the molecule is CC(C)(C)OC(=O)N1CCOC(CO)C1.CC(C)(C)OC(=O)N1CCOC(COS(C)(=O)=O)C1.Cc1cc(C(F)(F)F)cc(N2C(=O)N(CC3CNCCO3)C[C@H]2C(=O)N(C)c2ccc(F)c(Cl)c2F)n1. The van der Waals surface area contributed by atoms with Crippen LogP contribution in [0.25, 0.3) is 0 Å². The Bertz CT molecular complexity index is 2280. The van der Waals surface area contributed by atoms with Crippen LogP contribution < -0.4 is 15.1 Å². The molecule has 4 fully saturated rings. The van der Waals surface area contributed by atoms with Crippen LogP contribution in [0.3, 0.4) is 0 Å². The van der Waals surface area contributed by atoms with E-state index in [0.29, 0.717) is 58.6 Å². The number of amides is 5. The third-order valence-corrected chi connectivity index (χ3v) is 11.3. The molecule has 0 radical (unpaired) electrons. The number of aryl methyl sites for hydroxylation is 1. The molecule has 0 aliphatic carbocycles. The van der Waals surface area contributed by atoms with E-state index in [1.54, 1.807) is 25.7 Å². The fourth-order valence-corrected chi connectivity index (χ4v) is 7.68. The van der Waals surface area contributed by atoms with E-state index >= 15 is 0 Å². The second-order valence-corrected chi connectivity index (χ2v) is 20.7. The van der Waals surface area contributed by atoms with Crippen LogP contribution in [0.2, 0.25) is 5.02 Å². The number of aliphatic hydroxyl groups is 1. The monoisotopic (exact) mass is 1060 g/mol. The molecule has 4 saturated heterocycles. The van der Waals surface area contributed by atoms with E-state index in [4.69, 9.17) is 40.4 Å². The fourth-order valence-electron chi connectivity index (χ4n) is 7.12. The Labute approximate surface area is 414 Å². The van der Waals surface area contributed by atoms with Crippen molar-refractivity contribution in [1.29, 1.82) is 0 Å². The molecule has 2 N–H and O–H groups in total. The zero-order chi connectivity index (χ0) is 53.2. The molecule has 0 saturated carbocycles. The van der Waals surface area contributed by atoms with Crippen LogP contribution in [-0.4, -0.2) is 192 Å². The van der Waals surface area contributed by atoms with Crippen LogP contribution in [0.4, 0.5) is 47.8 Å². The lowest BCUT2D eigenvalue weighted by molar-refractivity contribution is -0.137. The largest absolute Gasteiger partial charge is 0.444 e. The summed E-state index contributed by atoms with van der Waals surface area (Å²) in [7, 11) is -2.31. The molecule has 0 spiro atoms. The predicted octanol–water partition coefficient (Wildman–Crippen LogP) is 4.82. The van der Waals surface area contributed by atoms with Crippen LogP contribution in [-0.2, 0) is 49.0 Å². The molecule has 1 aromatic heterocycles. The molecule has 4 atom stereocenters. The number of carbonyl (C=O) groups excluding carboxylic acids is 4. The van der Waals surface area contributed by atoms with Gasteiger partial charge in [-0.2, -0.15) is 21.6 Å². The molecular formula is C44H63ClF5N7O13S. The Hall–Kier alpha value is -4.70. The molecule has 27 heteroatoms. The van der Waals surface area contributed by atoms with Gasteiger partial charge in [0.2, 0.25) is 0 Å². The third-order valence-electron chi connectivity index (χ3n) is 10.4. The zero-order valence-corrected chi connectivity index (χ0v) is 42.6. The quantitative estimate of drug-likeness (QED) is 0.196. The first-order valence-electron chi connectivity index (χ1n) is 22.4. The van der Waals surface area contributed by atoms with Crippen molar-refractivity contribution < 1.29 is 82.5 Å². The number of nitrogens with one attached hydrogen (secondary N) is 1. The number of aromatic nitrogens is 1. The molecule has 2 aromatic rings. The number of carbonyl (C=O) groups is 4. The number of hydrogen-bond donors (Lipinski definition) is 2. The van der Waals surface area contributed by atoms with E-state index < -0.39 is 86.0 Å². The number of alkyl halides is 3. The Morgan fingerprint density at radius 1 is 0.901 bits per heavy atom. The first-order valence-corrected chi connectivity index (χ1v) is 24.6. The number of anilines is 2. The van der Waals surface area contributed by atoms with Crippen molar-refractivity contribution in [3.05, 3.63) is 52.2 Å². The summed E-state index contributed by atoms with van der Waals surface area (Å²) in [5, 5.41) is 11.2. The second-order valence-electron chi connectivity index (χ2n) is 18.7. The minimum absolute atomic E-state index is 0.0215. The van der Waals surface area contributed by atoms with E-state index in [1.807, 2.05) is 20.8 Å². The van der Waals surface area contributed by atoms with Crippen molar-refractivity contribution in [3.8, 4) is 0 Å². The molecule has 20 nitrogen and oxygen atoms in total. The van der Waals surface area contributed by atoms with Gasteiger partial charge in [-0.1, -0.05) is 11.6 Å². The van der Waals surface area contributed by atoms with Crippen molar-refractivity contribution in [2.75, 3.05) is 108 Å². The average molecular weight is 1060 g/mol. The summed E-state index contributed by atoms with van der Waals surface area (Å²) in [5.74, 6) is -3.44. The summed E-state index contributed by atoms with van der Waals surface area (Å²) in [6.45, 7) is 15.7. The molecule has 4 aliphatic heterocycles. The number of pyridine rings is 1. The molecule has 3 unspecified atom stereocenters. The number of aliphatic hydroxyl groups excluding tert-OH is 1. The highest BCUT2D eigenvalue weighted by Gasteiger charge is 2.46. The number of rotatable bonds is 9. The van der Waals surface area contributed by atoms with Crippen molar-refractivity contribution in [2.45, 2.75) is 90.2 Å². The van der Waals surface area contributed by atoms with Crippen LogP contribution >= 0.6 is 11.6 Å². The van der Waals surface area contributed by atoms with Crippen LogP contribution in [0.1, 0.15) is 52.8 Å². The Morgan fingerprint density at radius 2 is 1.46 bits per heavy atom. The number of hydrogen-bond acceptors (Lipinski definition) is 15. The molecule has 5 heterocycles. The first-order chi connectivity index (χ1) is 32.9. The summed E-state index contributed by atoms with van der Waals surface area (Å²) < 4.78 is 122. The number of likely N-dealkylation sites (N-methyl/N-ethyl adjacent to an activating group) is 1. The lowest BCUT2D eigenvalue weighted by atomic mass is 10.1. The van der Waals surface area contributed by atoms with Crippen molar-refractivity contribution in [2.24, 2.45) is 0 Å². The lowest BCUT2D eigenvalue weighted by Gasteiger charge is -2.33. The van der Waals surface area contributed by atoms with Gasteiger partial charge in [0, 0.05) is 45.5 Å². The van der Waals surface area contributed by atoms with Gasteiger partial charge in [0.1, 0.15) is 40.0 Å². The number of morpholine rings is 3. The van der Waals surface area contributed by atoms with Gasteiger partial charge in [-0.05, 0) is 72.7 Å². The first kappa shape index (κ1) is 58.9. The molecule has 5 amide bonds.